The van der Waals surface area contributed by atoms with Crippen molar-refractivity contribution in [1.82, 2.24) is 4.90 Å². The molecule has 160 valence electrons. The van der Waals surface area contributed by atoms with Crippen molar-refractivity contribution in [3.05, 3.63) is 95.6 Å². The molecule has 0 atom stereocenters. The molecule has 1 aliphatic heterocycles. The summed E-state index contributed by atoms with van der Waals surface area (Å²) in [5, 5.41) is 5.24. The van der Waals surface area contributed by atoms with Crippen LogP contribution in [0.4, 0.5) is 5.69 Å². The van der Waals surface area contributed by atoms with E-state index >= 15 is 0 Å². The van der Waals surface area contributed by atoms with Crippen LogP contribution in [0, 0.1) is 0 Å². The van der Waals surface area contributed by atoms with E-state index in [1.54, 1.807) is 17.0 Å². The Labute approximate surface area is 183 Å². The molecule has 0 aromatic heterocycles. The minimum atomic E-state index is -3.77. The Hall–Kier alpha value is -3.00. The average molecular weight is 436 g/mol. The van der Waals surface area contributed by atoms with Crippen LogP contribution in [0.25, 0.3) is 0 Å². The lowest BCUT2D eigenvalue weighted by atomic mass is 9.97. The van der Waals surface area contributed by atoms with Crippen LogP contribution in [0.2, 0.25) is 0 Å². The standard InChI is InChI=1S/C24H25N3O3S/c1-26(24(18-8-4-2-5-9-18)19-10-6-3-7-11-19)17-23(28)27-15-14-20-16-21(31(25,29)30)12-13-22(20)27/h2-13,16,24H,14-15,17H2,1H3,(H2,25,29,30). The Morgan fingerprint density at radius 3 is 2.13 bits per heavy atom. The van der Waals surface area contributed by atoms with Gasteiger partial charge in [0.25, 0.3) is 0 Å². The van der Waals surface area contributed by atoms with Crippen LogP contribution in [0.3, 0.4) is 0 Å². The summed E-state index contributed by atoms with van der Waals surface area (Å²) in [6.45, 7) is 0.752. The second kappa shape index (κ2) is 8.63. The summed E-state index contributed by atoms with van der Waals surface area (Å²) in [5.74, 6) is -0.0264. The van der Waals surface area contributed by atoms with Crippen molar-refractivity contribution < 1.29 is 13.2 Å². The number of primary sulfonamides is 1. The number of carbonyl (C=O) groups is 1. The first kappa shape index (κ1) is 21.2. The van der Waals surface area contributed by atoms with E-state index < -0.39 is 10.0 Å². The van der Waals surface area contributed by atoms with Gasteiger partial charge >= 0.3 is 0 Å². The van der Waals surface area contributed by atoms with Gasteiger partial charge in [0.2, 0.25) is 15.9 Å². The number of anilines is 1. The zero-order chi connectivity index (χ0) is 22.0. The van der Waals surface area contributed by atoms with E-state index in [0.717, 1.165) is 22.4 Å². The predicted octanol–water partition coefficient (Wildman–Crippen LogP) is 2.94. The second-order valence-electron chi connectivity index (χ2n) is 7.77. The fourth-order valence-corrected chi connectivity index (χ4v) is 4.74. The number of benzene rings is 3. The van der Waals surface area contributed by atoms with Crippen LogP contribution < -0.4 is 10.0 Å². The van der Waals surface area contributed by atoms with Gasteiger partial charge in [-0.3, -0.25) is 9.69 Å². The molecule has 0 fully saturated rings. The van der Waals surface area contributed by atoms with Gasteiger partial charge in [0.1, 0.15) is 0 Å². The minimum absolute atomic E-state index is 0.0264. The third-order valence-corrected chi connectivity index (χ3v) is 6.54. The largest absolute Gasteiger partial charge is 0.311 e. The Morgan fingerprint density at radius 2 is 1.58 bits per heavy atom. The molecule has 4 rings (SSSR count). The topological polar surface area (TPSA) is 83.7 Å². The van der Waals surface area contributed by atoms with Gasteiger partial charge in [-0.15, -0.1) is 0 Å². The lowest BCUT2D eigenvalue weighted by molar-refractivity contribution is -0.119. The molecular formula is C24H25N3O3S. The van der Waals surface area contributed by atoms with Crippen molar-refractivity contribution in [2.24, 2.45) is 5.14 Å². The number of rotatable bonds is 6. The quantitative estimate of drug-likeness (QED) is 0.645. The van der Waals surface area contributed by atoms with Gasteiger partial charge in [-0.05, 0) is 48.4 Å². The molecule has 0 unspecified atom stereocenters. The van der Waals surface area contributed by atoms with Crippen LogP contribution in [-0.2, 0) is 21.2 Å². The van der Waals surface area contributed by atoms with Crippen molar-refractivity contribution in [2.45, 2.75) is 17.4 Å². The molecule has 0 aliphatic carbocycles. The molecule has 3 aromatic rings. The molecule has 0 bridgehead atoms. The highest BCUT2D eigenvalue weighted by Crippen LogP contribution is 2.31. The summed E-state index contributed by atoms with van der Waals surface area (Å²) in [5.41, 5.74) is 3.80. The second-order valence-corrected chi connectivity index (χ2v) is 9.33. The van der Waals surface area contributed by atoms with Crippen molar-refractivity contribution in [3.8, 4) is 0 Å². The van der Waals surface area contributed by atoms with Gasteiger partial charge in [0, 0.05) is 12.2 Å². The normalized spacial score (nSPS) is 13.6. The molecule has 1 aliphatic rings. The summed E-state index contributed by atoms with van der Waals surface area (Å²) in [6, 6.07) is 24.9. The summed E-state index contributed by atoms with van der Waals surface area (Å²) >= 11 is 0. The van der Waals surface area contributed by atoms with Crippen LogP contribution in [0.5, 0.6) is 0 Å². The van der Waals surface area contributed by atoms with Crippen LogP contribution in [0.1, 0.15) is 22.7 Å². The van der Waals surface area contributed by atoms with Crippen molar-refractivity contribution in [1.29, 1.82) is 0 Å². The van der Waals surface area contributed by atoms with Crippen molar-refractivity contribution >= 4 is 21.6 Å². The molecule has 31 heavy (non-hydrogen) atoms. The summed E-state index contributed by atoms with van der Waals surface area (Å²) in [6.07, 6.45) is 0.606. The lowest BCUT2D eigenvalue weighted by Crippen LogP contribution is -2.39. The molecule has 1 amide bonds. The van der Waals surface area contributed by atoms with E-state index in [1.807, 2.05) is 48.3 Å². The van der Waals surface area contributed by atoms with Crippen molar-refractivity contribution in [2.75, 3.05) is 25.0 Å². The molecule has 0 spiro atoms. The number of nitrogens with zero attached hydrogens (tertiary/aromatic N) is 2. The van der Waals surface area contributed by atoms with Crippen LogP contribution in [0.15, 0.2) is 83.8 Å². The molecule has 6 nitrogen and oxygen atoms in total. The fourth-order valence-electron chi connectivity index (χ4n) is 4.18. The first-order chi connectivity index (χ1) is 14.8. The number of fused-ring (bicyclic) bond motifs is 1. The Morgan fingerprint density at radius 1 is 1.00 bits per heavy atom. The van der Waals surface area contributed by atoms with E-state index in [4.69, 9.17) is 5.14 Å². The van der Waals surface area contributed by atoms with Gasteiger partial charge in [0.15, 0.2) is 0 Å². The number of carbonyl (C=O) groups excluding carboxylic acids is 1. The van der Waals surface area contributed by atoms with Gasteiger partial charge < -0.3 is 4.90 Å². The average Bonchev–Trinajstić information content (AvgIpc) is 3.18. The van der Waals surface area contributed by atoms with E-state index in [2.05, 4.69) is 24.3 Å². The maximum Gasteiger partial charge on any atom is 0.241 e. The SMILES string of the molecule is CN(CC(=O)N1CCc2cc(S(N)(=O)=O)ccc21)C(c1ccccc1)c1ccccc1. The summed E-state index contributed by atoms with van der Waals surface area (Å²) in [7, 11) is -1.82. The number of hydrogen-bond donors (Lipinski definition) is 1. The highest BCUT2D eigenvalue weighted by atomic mass is 32.2. The van der Waals surface area contributed by atoms with Gasteiger partial charge in [0.05, 0.1) is 17.5 Å². The zero-order valence-corrected chi connectivity index (χ0v) is 18.1. The first-order valence-corrected chi connectivity index (χ1v) is 11.7. The van der Waals surface area contributed by atoms with Crippen molar-refractivity contribution in [3.63, 3.8) is 0 Å². The Kier molecular flexibility index (Phi) is 5.91. The molecule has 0 saturated heterocycles. The van der Waals surface area contributed by atoms with Gasteiger partial charge in [-0.2, -0.15) is 0 Å². The molecule has 0 radical (unpaired) electrons. The van der Waals surface area contributed by atoms with Gasteiger partial charge in [-0.1, -0.05) is 60.7 Å². The lowest BCUT2D eigenvalue weighted by Gasteiger charge is -2.30. The third kappa shape index (κ3) is 4.54. The maximum atomic E-state index is 13.2. The summed E-state index contributed by atoms with van der Waals surface area (Å²) < 4.78 is 23.3. The highest BCUT2D eigenvalue weighted by molar-refractivity contribution is 7.89. The maximum absolute atomic E-state index is 13.2. The van der Waals surface area contributed by atoms with E-state index in [9.17, 15) is 13.2 Å². The first-order valence-electron chi connectivity index (χ1n) is 10.1. The number of hydrogen-bond acceptors (Lipinski definition) is 4. The van der Waals surface area contributed by atoms with Gasteiger partial charge in [-0.25, -0.2) is 13.6 Å². The third-order valence-electron chi connectivity index (χ3n) is 5.63. The number of amides is 1. The smallest absolute Gasteiger partial charge is 0.241 e. The molecule has 2 N–H and O–H groups in total. The fraction of sp³-hybridized carbons (Fsp3) is 0.208. The molecule has 1 heterocycles. The number of likely N-dealkylation sites (N-methyl/N-ethyl adjacent to an activating group) is 1. The molecule has 0 saturated carbocycles. The minimum Gasteiger partial charge on any atom is -0.311 e. The molecule has 3 aromatic carbocycles. The Balaban J connectivity index is 1.57. The van der Waals surface area contributed by atoms with E-state index in [1.165, 1.54) is 6.07 Å². The molecular weight excluding hydrogens is 410 g/mol. The highest BCUT2D eigenvalue weighted by Gasteiger charge is 2.28. The molecule has 7 heteroatoms. The van der Waals surface area contributed by atoms with E-state index in [0.29, 0.717) is 13.0 Å². The summed E-state index contributed by atoms with van der Waals surface area (Å²) in [4.78, 5) is 17.1. The zero-order valence-electron chi connectivity index (χ0n) is 17.3. The number of nitrogens with two attached hydrogens (primary N) is 1. The Bertz CT molecular complexity index is 1140. The predicted molar refractivity (Wildman–Crippen MR) is 121 cm³/mol. The number of sulfonamides is 1. The van der Waals surface area contributed by atoms with E-state index in [-0.39, 0.29) is 23.4 Å². The monoisotopic (exact) mass is 435 g/mol. The van der Waals surface area contributed by atoms with Crippen LogP contribution >= 0.6 is 0 Å². The van der Waals surface area contributed by atoms with Crippen LogP contribution in [-0.4, -0.2) is 39.4 Å².